The molecule has 2 bridgehead atoms. The normalized spacial score (nSPS) is 32.2. The zero-order chi connectivity index (χ0) is 16.1. The third-order valence-electron chi connectivity index (χ3n) is 6.87. The van der Waals surface area contributed by atoms with Crippen molar-refractivity contribution in [3.8, 4) is 5.75 Å². The molecular weight excluding hydrogens is 314 g/mol. The van der Waals surface area contributed by atoms with Crippen LogP contribution in [0.4, 0.5) is 0 Å². The summed E-state index contributed by atoms with van der Waals surface area (Å²) in [5, 5.41) is 12.3. The second-order valence-electron chi connectivity index (χ2n) is 7.92. The van der Waals surface area contributed by atoms with Gasteiger partial charge in [-0.25, -0.2) is 0 Å². The monoisotopic (exact) mass is 339 g/mol. The first-order valence-corrected chi connectivity index (χ1v) is 10.2. The first-order valence-electron chi connectivity index (χ1n) is 9.35. The zero-order valence-electron chi connectivity index (χ0n) is 14.1. The molecule has 0 spiro atoms. The molecule has 2 aliphatic carbocycles. The molecule has 1 aliphatic heterocycles. The summed E-state index contributed by atoms with van der Waals surface area (Å²) < 4.78 is 0. The topological polar surface area (TPSA) is 23.5 Å². The van der Waals surface area contributed by atoms with Crippen molar-refractivity contribution >= 4 is 11.3 Å². The molecule has 126 valence electrons. The van der Waals surface area contributed by atoms with Gasteiger partial charge in [0, 0.05) is 22.9 Å². The Kier molecular flexibility index (Phi) is 3.50. The van der Waals surface area contributed by atoms with Crippen LogP contribution in [0.15, 0.2) is 35.7 Å². The molecule has 5 rings (SSSR count). The van der Waals surface area contributed by atoms with Crippen LogP contribution in [-0.2, 0) is 18.4 Å². The highest BCUT2D eigenvalue weighted by atomic mass is 32.1. The van der Waals surface area contributed by atoms with E-state index in [-0.39, 0.29) is 0 Å². The summed E-state index contributed by atoms with van der Waals surface area (Å²) in [6, 6.07) is 11.3. The maximum Gasteiger partial charge on any atom is 0.115 e. The molecule has 1 aromatic heterocycles. The van der Waals surface area contributed by atoms with Crippen molar-refractivity contribution in [3.63, 3.8) is 0 Å². The highest BCUT2D eigenvalue weighted by molar-refractivity contribution is 7.09. The highest BCUT2D eigenvalue weighted by Gasteiger charge is 2.53. The third kappa shape index (κ3) is 2.18. The number of likely N-dealkylation sites (tertiary alicyclic amines) is 1. The van der Waals surface area contributed by atoms with E-state index >= 15 is 0 Å². The van der Waals surface area contributed by atoms with E-state index in [2.05, 4.69) is 34.5 Å². The smallest absolute Gasteiger partial charge is 0.115 e. The second kappa shape index (κ2) is 5.60. The Morgan fingerprint density at radius 1 is 1.21 bits per heavy atom. The van der Waals surface area contributed by atoms with Gasteiger partial charge < -0.3 is 5.11 Å². The molecule has 24 heavy (non-hydrogen) atoms. The summed E-state index contributed by atoms with van der Waals surface area (Å²) in [4.78, 5) is 4.25. The Morgan fingerprint density at radius 3 is 3.04 bits per heavy atom. The van der Waals surface area contributed by atoms with Crippen molar-refractivity contribution in [2.45, 2.75) is 56.5 Å². The van der Waals surface area contributed by atoms with Crippen molar-refractivity contribution in [1.82, 2.24) is 4.90 Å². The van der Waals surface area contributed by atoms with E-state index in [9.17, 15) is 5.11 Å². The number of benzene rings is 1. The quantitative estimate of drug-likeness (QED) is 0.856. The van der Waals surface area contributed by atoms with E-state index < -0.39 is 0 Å². The van der Waals surface area contributed by atoms with Gasteiger partial charge in [0.2, 0.25) is 0 Å². The summed E-state index contributed by atoms with van der Waals surface area (Å²) >= 11 is 1.89. The first kappa shape index (κ1) is 15.0. The average Bonchev–Trinajstić information content (AvgIpc) is 3.11. The molecule has 1 saturated carbocycles. The van der Waals surface area contributed by atoms with Crippen LogP contribution >= 0.6 is 11.3 Å². The van der Waals surface area contributed by atoms with Gasteiger partial charge in [-0.1, -0.05) is 25.0 Å². The zero-order valence-corrected chi connectivity index (χ0v) is 14.9. The fourth-order valence-electron chi connectivity index (χ4n) is 5.87. The minimum absolute atomic E-state index is 0.335. The predicted octanol–water partition coefficient (Wildman–Crippen LogP) is 4.71. The molecule has 3 heteroatoms. The number of phenolic OH excluding ortho intramolecular Hbond substituents is 1. The average molecular weight is 340 g/mol. The minimum Gasteiger partial charge on any atom is -0.508 e. The van der Waals surface area contributed by atoms with Crippen LogP contribution in [0, 0.1) is 5.92 Å². The van der Waals surface area contributed by atoms with Gasteiger partial charge in [-0.3, -0.25) is 4.90 Å². The first-order chi connectivity index (χ1) is 11.8. The number of rotatable bonds is 2. The van der Waals surface area contributed by atoms with Gasteiger partial charge in [0.15, 0.2) is 0 Å². The Bertz CT molecular complexity index is 740. The fourth-order valence-corrected chi connectivity index (χ4v) is 6.60. The van der Waals surface area contributed by atoms with E-state index in [1.54, 1.807) is 0 Å². The van der Waals surface area contributed by atoms with Crippen LogP contribution in [0.3, 0.4) is 0 Å². The van der Waals surface area contributed by atoms with Gasteiger partial charge in [-0.2, -0.15) is 0 Å². The van der Waals surface area contributed by atoms with Crippen LogP contribution in [0.2, 0.25) is 0 Å². The van der Waals surface area contributed by atoms with Crippen LogP contribution in [0.25, 0.3) is 0 Å². The maximum absolute atomic E-state index is 10.1. The van der Waals surface area contributed by atoms with E-state index in [1.165, 1.54) is 54.7 Å². The molecule has 2 heterocycles. The van der Waals surface area contributed by atoms with Crippen molar-refractivity contribution in [1.29, 1.82) is 0 Å². The molecule has 1 N–H and O–H groups in total. The van der Waals surface area contributed by atoms with Crippen LogP contribution in [-0.4, -0.2) is 22.6 Å². The number of hydrogen-bond acceptors (Lipinski definition) is 3. The lowest BCUT2D eigenvalue weighted by Gasteiger charge is -2.59. The number of phenols is 1. The van der Waals surface area contributed by atoms with Gasteiger partial charge in [0.05, 0.1) is 0 Å². The van der Waals surface area contributed by atoms with Crippen LogP contribution in [0.1, 0.15) is 48.1 Å². The summed E-state index contributed by atoms with van der Waals surface area (Å²) in [7, 11) is 0. The molecule has 2 fully saturated rings. The van der Waals surface area contributed by atoms with E-state index in [0.29, 0.717) is 17.2 Å². The largest absolute Gasteiger partial charge is 0.508 e. The number of aromatic hydroxyl groups is 1. The third-order valence-corrected chi connectivity index (χ3v) is 7.74. The van der Waals surface area contributed by atoms with Crippen LogP contribution in [0.5, 0.6) is 5.75 Å². The van der Waals surface area contributed by atoms with Gasteiger partial charge >= 0.3 is 0 Å². The van der Waals surface area contributed by atoms with E-state index in [1.807, 2.05) is 17.4 Å². The van der Waals surface area contributed by atoms with Crippen molar-refractivity contribution in [3.05, 3.63) is 51.7 Å². The lowest BCUT2D eigenvalue weighted by atomic mass is 9.52. The Morgan fingerprint density at radius 2 is 2.17 bits per heavy atom. The van der Waals surface area contributed by atoms with Gasteiger partial charge in [0.25, 0.3) is 0 Å². The molecule has 0 unspecified atom stereocenters. The molecule has 1 aromatic carbocycles. The molecule has 0 radical (unpaired) electrons. The number of fused-ring (bicyclic) bond motifs is 1. The molecule has 3 aliphatic rings. The lowest BCUT2D eigenvalue weighted by Crippen LogP contribution is -2.60. The minimum atomic E-state index is 0.335. The SMILES string of the molecule is Oc1ccc2c(c1)[C@@]13CCCC[C@H]1[C@H](C2)N(Cc1cccs1)CC3. The van der Waals surface area contributed by atoms with Gasteiger partial charge in [0.1, 0.15) is 5.75 Å². The summed E-state index contributed by atoms with van der Waals surface area (Å²) in [5.74, 6) is 1.22. The van der Waals surface area contributed by atoms with Crippen molar-refractivity contribution in [2.75, 3.05) is 6.54 Å². The lowest BCUT2D eigenvalue weighted by molar-refractivity contribution is -0.0152. The fraction of sp³-hybridized carbons (Fsp3) is 0.524. The Labute approximate surface area is 148 Å². The summed E-state index contributed by atoms with van der Waals surface area (Å²) in [6.45, 7) is 2.32. The van der Waals surface area contributed by atoms with Crippen molar-refractivity contribution < 1.29 is 5.11 Å². The van der Waals surface area contributed by atoms with Crippen LogP contribution < -0.4 is 0 Å². The van der Waals surface area contributed by atoms with Gasteiger partial charge in [-0.05, 0) is 72.9 Å². The molecule has 2 aromatic rings. The maximum atomic E-state index is 10.1. The summed E-state index contributed by atoms with van der Waals surface area (Å²) in [5.41, 5.74) is 3.31. The van der Waals surface area contributed by atoms with Crippen molar-refractivity contribution in [2.24, 2.45) is 5.92 Å². The van der Waals surface area contributed by atoms with Gasteiger partial charge in [-0.15, -0.1) is 11.3 Å². The Hall–Kier alpha value is -1.32. The standard InChI is InChI=1S/C21H25NOS/c23-16-7-6-15-12-20-18-5-1-2-8-21(18,19(15)13-16)9-10-22(20)14-17-4-3-11-24-17/h3-4,6-7,11,13,18,20,23H,1-2,5,8-10,12,14H2/t18-,20-,21+/m0/s1. The molecule has 0 amide bonds. The van der Waals surface area contributed by atoms with E-state index in [4.69, 9.17) is 0 Å². The molecule has 2 nitrogen and oxygen atoms in total. The number of piperidine rings is 1. The highest BCUT2D eigenvalue weighted by Crippen LogP contribution is 2.56. The second-order valence-corrected chi connectivity index (χ2v) is 8.95. The van der Waals surface area contributed by atoms with E-state index in [0.717, 1.165) is 18.9 Å². The predicted molar refractivity (Wildman–Crippen MR) is 98.6 cm³/mol. The number of hydrogen-bond donors (Lipinski definition) is 1. The number of thiophene rings is 1. The molecule has 1 saturated heterocycles. The molecule has 3 atom stereocenters. The Balaban J connectivity index is 1.56. The molecular formula is C21H25NOS. The summed E-state index contributed by atoms with van der Waals surface area (Å²) in [6.07, 6.45) is 7.83. The number of nitrogens with zero attached hydrogens (tertiary/aromatic N) is 1.